The summed E-state index contributed by atoms with van der Waals surface area (Å²) >= 11 is 0. The Bertz CT molecular complexity index is 207. The Morgan fingerprint density at radius 3 is 1.19 bits per heavy atom. The summed E-state index contributed by atoms with van der Waals surface area (Å²) < 4.78 is 0. The number of unbranched alkanes of at least 4 members (excludes halogenated alkanes) is 14. The van der Waals surface area contributed by atoms with Gasteiger partial charge in [-0.15, -0.1) is 0 Å². The van der Waals surface area contributed by atoms with E-state index in [2.05, 4.69) is 6.92 Å². The first-order valence-electron chi connectivity index (χ1n) is 8.99. The fourth-order valence-electron chi connectivity index (χ4n) is 2.65. The van der Waals surface area contributed by atoms with Crippen LogP contribution in [0.3, 0.4) is 0 Å². The Kier molecular flexibility index (Phi) is 25.4. The van der Waals surface area contributed by atoms with Crippen LogP contribution in [0, 0.1) is 0 Å². The fraction of sp³-hybridized carbons (Fsp3) is 0.944. The molecule has 0 bridgehead atoms. The Hall–Kier alpha value is 1.52. The summed E-state index contributed by atoms with van der Waals surface area (Å²) in [7, 11) is 0. The summed E-state index contributed by atoms with van der Waals surface area (Å²) in [5, 5.41) is 8.52. The van der Waals surface area contributed by atoms with Crippen molar-refractivity contribution in [3.63, 3.8) is 0 Å². The average molecular weight is 418 g/mol. The van der Waals surface area contributed by atoms with Gasteiger partial charge in [0.2, 0.25) is 0 Å². The van der Waals surface area contributed by atoms with Crippen LogP contribution in [-0.4, -0.2) is 80.0 Å². The van der Waals surface area contributed by atoms with Gasteiger partial charge < -0.3 is 5.11 Å². The molecule has 0 rings (SSSR count). The molecule has 0 saturated heterocycles. The number of rotatable bonds is 16. The fourth-order valence-corrected chi connectivity index (χ4v) is 2.65. The van der Waals surface area contributed by atoms with E-state index in [-0.39, 0.29) is 68.9 Å². The number of hydrogen-bond acceptors (Lipinski definition) is 1. The van der Waals surface area contributed by atoms with Crippen molar-refractivity contribution in [2.45, 2.75) is 110 Å². The van der Waals surface area contributed by atoms with Gasteiger partial charge in [-0.1, -0.05) is 96.8 Å². The second kappa shape index (κ2) is 21.5. The molecule has 2 nitrogen and oxygen atoms in total. The Morgan fingerprint density at radius 1 is 0.619 bits per heavy atom. The van der Waals surface area contributed by atoms with E-state index in [1.165, 1.54) is 83.5 Å². The molecule has 21 heavy (non-hydrogen) atoms. The predicted octanol–water partition coefficient (Wildman–Crippen LogP) is 5.68. The third-order valence-corrected chi connectivity index (χ3v) is 3.99. The first kappa shape index (κ1) is 24.8. The van der Waals surface area contributed by atoms with Crippen molar-refractivity contribution in [1.82, 2.24) is 0 Å². The molecular formula is C18H37CsO2. The molecule has 0 heterocycles. The molecule has 0 aromatic heterocycles. The number of carbonyl (C=O) groups is 1. The molecule has 0 aliphatic heterocycles. The van der Waals surface area contributed by atoms with Gasteiger partial charge in [-0.25, -0.2) is 0 Å². The number of carboxylic acids is 1. The van der Waals surface area contributed by atoms with E-state index in [1.54, 1.807) is 0 Å². The number of hydrogen-bond donors (Lipinski definition) is 1. The molecule has 0 saturated carbocycles. The summed E-state index contributed by atoms with van der Waals surface area (Å²) in [6.07, 6.45) is 20.2. The summed E-state index contributed by atoms with van der Waals surface area (Å²) in [5.41, 5.74) is 0. The van der Waals surface area contributed by atoms with E-state index in [1.807, 2.05) is 0 Å². The molecule has 0 atom stereocenters. The molecule has 0 aliphatic carbocycles. The van der Waals surface area contributed by atoms with E-state index in [0.717, 1.165) is 12.8 Å². The van der Waals surface area contributed by atoms with Crippen molar-refractivity contribution in [2.24, 2.45) is 0 Å². The van der Waals surface area contributed by atoms with Gasteiger partial charge in [-0.2, -0.15) is 0 Å². The van der Waals surface area contributed by atoms with Gasteiger partial charge in [0.1, 0.15) is 0 Å². The van der Waals surface area contributed by atoms with Gasteiger partial charge in [0.25, 0.3) is 0 Å². The van der Waals surface area contributed by atoms with E-state index >= 15 is 0 Å². The first-order chi connectivity index (χ1) is 9.77. The molecule has 122 valence electrons. The number of carboxylic acid groups (broad SMARTS) is 1. The maximum atomic E-state index is 10.3. The molecule has 0 amide bonds. The molecule has 3 heteroatoms. The zero-order chi connectivity index (χ0) is 14.9. The molecular weight excluding hydrogens is 381 g/mol. The Balaban J connectivity index is 0. The van der Waals surface area contributed by atoms with Gasteiger partial charge in [0, 0.05) is 6.42 Å². The Morgan fingerprint density at radius 2 is 0.905 bits per heavy atom. The Labute approximate surface area is 191 Å². The first-order valence-corrected chi connectivity index (χ1v) is 8.99. The number of aliphatic carboxylic acids is 1. The van der Waals surface area contributed by atoms with Crippen LogP contribution >= 0.6 is 0 Å². The van der Waals surface area contributed by atoms with Crippen molar-refractivity contribution in [3.8, 4) is 0 Å². The van der Waals surface area contributed by atoms with Crippen molar-refractivity contribution in [1.29, 1.82) is 0 Å². The molecule has 0 unspecified atom stereocenters. The normalized spacial score (nSPS) is 10.3. The standard InChI is InChI=1S/C18H36O2.Cs.H/c1-2-3-4-5-6-7-8-9-10-11-12-13-14-15-16-17-18(19)20;;/h2-17H2,1H3,(H,19,20);;. The molecule has 0 aromatic carbocycles. The van der Waals surface area contributed by atoms with Crippen LogP contribution < -0.4 is 0 Å². The molecule has 0 aliphatic rings. The molecule has 0 fully saturated rings. The SMILES string of the molecule is CCCCCCCCCCCCCCCCCC(=O)O.[CsH]. The average Bonchev–Trinajstić information content (AvgIpc) is 2.43. The zero-order valence-electron chi connectivity index (χ0n) is 13.7. The molecule has 0 aromatic rings. The van der Waals surface area contributed by atoms with Crippen LogP contribution in [0.2, 0.25) is 0 Å². The minimum atomic E-state index is -0.653. The van der Waals surface area contributed by atoms with Crippen LogP contribution in [0.15, 0.2) is 0 Å². The maximum absolute atomic E-state index is 10.3. The van der Waals surface area contributed by atoms with Crippen LogP contribution in [-0.2, 0) is 4.79 Å². The van der Waals surface area contributed by atoms with Crippen LogP contribution in [0.1, 0.15) is 110 Å². The molecule has 1 N–H and O–H groups in total. The van der Waals surface area contributed by atoms with Gasteiger partial charge >= 0.3 is 74.9 Å². The van der Waals surface area contributed by atoms with E-state index in [0.29, 0.717) is 6.42 Å². The predicted molar refractivity (Wildman–Crippen MR) is 94.3 cm³/mol. The third-order valence-electron chi connectivity index (χ3n) is 3.99. The van der Waals surface area contributed by atoms with Crippen LogP contribution in [0.25, 0.3) is 0 Å². The van der Waals surface area contributed by atoms with Crippen molar-refractivity contribution < 1.29 is 9.90 Å². The van der Waals surface area contributed by atoms with Crippen LogP contribution in [0.5, 0.6) is 0 Å². The third kappa shape index (κ3) is 23.9. The van der Waals surface area contributed by atoms with Crippen LogP contribution in [0.4, 0.5) is 0 Å². The van der Waals surface area contributed by atoms with Crippen molar-refractivity contribution in [3.05, 3.63) is 0 Å². The second-order valence-corrected chi connectivity index (χ2v) is 6.09. The van der Waals surface area contributed by atoms with E-state index < -0.39 is 5.97 Å². The molecule has 0 radical (unpaired) electrons. The summed E-state index contributed by atoms with van der Waals surface area (Å²) in [4.78, 5) is 10.3. The van der Waals surface area contributed by atoms with Gasteiger partial charge in [-0.05, 0) is 6.42 Å². The monoisotopic (exact) mass is 418 g/mol. The molecule has 0 spiro atoms. The second-order valence-electron chi connectivity index (χ2n) is 6.09. The minimum absolute atomic E-state index is 0. The van der Waals surface area contributed by atoms with Gasteiger partial charge in [0.15, 0.2) is 0 Å². The van der Waals surface area contributed by atoms with Gasteiger partial charge in [0.05, 0.1) is 0 Å². The quantitative estimate of drug-likeness (QED) is 0.327. The zero-order valence-corrected chi connectivity index (χ0v) is 13.7. The van der Waals surface area contributed by atoms with Crippen molar-refractivity contribution in [2.75, 3.05) is 0 Å². The van der Waals surface area contributed by atoms with Crippen molar-refractivity contribution >= 4 is 74.9 Å². The summed E-state index contributed by atoms with van der Waals surface area (Å²) in [6, 6.07) is 0. The van der Waals surface area contributed by atoms with Gasteiger partial charge in [-0.3, -0.25) is 4.79 Å². The summed E-state index contributed by atoms with van der Waals surface area (Å²) in [5.74, 6) is -0.653. The summed E-state index contributed by atoms with van der Waals surface area (Å²) in [6.45, 7) is 2.27. The topological polar surface area (TPSA) is 37.3 Å². The van der Waals surface area contributed by atoms with E-state index in [4.69, 9.17) is 5.11 Å². The van der Waals surface area contributed by atoms with E-state index in [9.17, 15) is 4.79 Å².